The number of aliphatic carboxylic acids is 1. The zero-order chi connectivity index (χ0) is 25.8. The van der Waals surface area contributed by atoms with Crippen molar-refractivity contribution in [3.63, 3.8) is 0 Å². The average molecular weight is 494 g/mol. The van der Waals surface area contributed by atoms with Crippen LogP contribution in [-0.4, -0.2) is 35.5 Å². The first-order chi connectivity index (χ1) is 18.0. The Labute approximate surface area is 217 Å². The molecular weight excluding hydrogens is 462 g/mol. The Morgan fingerprint density at radius 2 is 1.78 bits per heavy atom. The highest BCUT2D eigenvalue weighted by Crippen LogP contribution is 2.45. The van der Waals surface area contributed by atoms with Gasteiger partial charge < -0.3 is 14.7 Å². The van der Waals surface area contributed by atoms with E-state index in [4.69, 9.17) is 4.74 Å². The molecule has 37 heavy (non-hydrogen) atoms. The first kappa shape index (κ1) is 24.6. The summed E-state index contributed by atoms with van der Waals surface area (Å²) in [6, 6.07) is 24.0. The van der Waals surface area contributed by atoms with Crippen LogP contribution in [0.2, 0.25) is 0 Å². The zero-order valence-electron chi connectivity index (χ0n) is 21.0. The molecule has 5 nitrogen and oxygen atoms in total. The number of methoxy groups -OCH3 is 1. The lowest BCUT2D eigenvalue weighted by Gasteiger charge is -2.39. The van der Waals surface area contributed by atoms with Crippen LogP contribution in [0, 0.1) is 0 Å². The van der Waals surface area contributed by atoms with Gasteiger partial charge >= 0.3 is 5.97 Å². The molecule has 0 bridgehead atoms. The summed E-state index contributed by atoms with van der Waals surface area (Å²) in [6.07, 6.45) is 8.49. The number of carbonyl (C=O) groups excluding carboxylic acids is 1. The Morgan fingerprint density at radius 1 is 1.00 bits per heavy atom. The molecule has 0 saturated carbocycles. The zero-order valence-corrected chi connectivity index (χ0v) is 21.0. The van der Waals surface area contributed by atoms with Gasteiger partial charge in [-0.2, -0.15) is 0 Å². The van der Waals surface area contributed by atoms with Gasteiger partial charge in [0, 0.05) is 30.5 Å². The van der Waals surface area contributed by atoms with Crippen molar-refractivity contribution in [2.24, 2.45) is 0 Å². The Kier molecular flexibility index (Phi) is 6.95. The maximum absolute atomic E-state index is 13.2. The second kappa shape index (κ2) is 10.5. The summed E-state index contributed by atoms with van der Waals surface area (Å²) >= 11 is 0. The van der Waals surface area contributed by atoms with E-state index in [1.807, 2.05) is 47.4 Å². The number of allylic oxidation sites excluding steroid dienone is 4. The summed E-state index contributed by atoms with van der Waals surface area (Å²) in [4.78, 5) is 26.4. The van der Waals surface area contributed by atoms with E-state index in [0.717, 1.165) is 28.9 Å². The van der Waals surface area contributed by atoms with Crippen LogP contribution < -0.4 is 4.74 Å². The van der Waals surface area contributed by atoms with E-state index >= 15 is 0 Å². The van der Waals surface area contributed by atoms with Gasteiger partial charge in [-0.05, 0) is 65.8 Å². The smallest absolute Gasteiger partial charge is 0.303 e. The van der Waals surface area contributed by atoms with Gasteiger partial charge in [-0.15, -0.1) is 0 Å². The van der Waals surface area contributed by atoms with Crippen LogP contribution in [0.5, 0.6) is 5.75 Å². The minimum Gasteiger partial charge on any atom is -0.497 e. The second-order valence-electron chi connectivity index (χ2n) is 9.74. The molecule has 1 unspecified atom stereocenters. The molecule has 0 fully saturated rings. The van der Waals surface area contributed by atoms with Crippen LogP contribution in [-0.2, 0) is 23.2 Å². The Hall–Kier alpha value is -4.12. The van der Waals surface area contributed by atoms with Gasteiger partial charge in [-0.1, -0.05) is 72.3 Å². The van der Waals surface area contributed by atoms with Gasteiger partial charge in [-0.3, -0.25) is 9.59 Å². The Balaban J connectivity index is 1.53. The summed E-state index contributed by atoms with van der Waals surface area (Å²) in [7, 11) is 1.66. The van der Waals surface area contributed by atoms with Crippen molar-refractivity contribution < 1.29 is 19.4 Å². The summed E-state index contributed by atoms with van der Waals surface area (Å²) in [5.41, 5.74) is 6.21. The number of ether oxygens (including phenoxy) is 1. The van der Waals surface area contributed by atoms with Gasteiger partial charge in [0.25, 0.3) is 5.91 Å². The molecule has 0 radical (unpaired) electrons. The lowest BCUT2D eigenvalue weighted by molar-refractivity contribution is -0.136. The maximum Gasteiger partial charge on any atom is 0.303 e. The Bertz CT molecular complexity index is 1360. The van der Waals surface area contributed by atoms with E-state index in [9.17, 15) is 14.7 Å². The van der Waals surface area contributed by atoms with E-state index < -0.39 is 11.4 Å². The van der Waals surface area contributed by atoms with Crippen molar-refractivity contribution in [3.05, 3.63) is 124 Å². The topological polar surface area (TPSA) is 66.8 Å². The number of carbonyl (C=O) groups is 2. The average Bonchev–Trinajstić information content (AvgIpc) is 2.95. The van der Waals surface area contributed by atoms with Gasteiger partial charge in [0.15, 0.2) is 0 Å². The largest absolute Gasteiger partial charge is 0.497 e. The molecule has 3 aromatic rings. The van der Waals surface area contributed by atoms with Crippen LogP contribution in [0.15, 0.2) is 96.6 Å². The molecule has 0 aromatic heterocycles. The molecule has 0 saturated heterocycles. The van der Waals surface area contributed by atoms with Crippen molar-refractivity contribution in [2.75, 3.05) is 13.7 Å². The fourth-order valence-electron chi connectivity index (χ4n) is 5.65. The third-order valence-electron chi connectivity index (χ3n) is 7.54. The van der Waals surface area contributed by atoms with Crippen LogP contribution in [0.1, 0.15) is 51.9 Å². The van der Waals surface area contributed by atoms with Gasteiger partial charge in [0.1, 0.15) is 5.75 Å². The number of fused-ring (bicyclic) bond motifs is 1. The molecule has 1 N–H and O–H groups in total. The second-order valence-corrected chi connectivity index (χ2v) is 9.74. The molecule has 1 atom stereocenters. The fourth-order valence-corrected chi connectivity index (χ4v) is 5.65. The standard InChI is InChI=1S/C32H31NO4/c1-37-27-15-13-26(14-16-27)32(19-6-7-23(21-32)12-17-30(34)35)29-11-5-10-25-22-33(20-18-28(25)29)31(36)24-8-3-2-4-9-24/h2-11,13-16,19H,12,17-18,20-22H2,1H3,(H,34,35). The van der Waals surface area contributed by atoms with Crippen LogP contribution in [0.25, 0.3) is 0 Å². The SMILES string of the molecule is COc1ccc(C2(c3cccc4c3CCN(C(=O)c3ccccc3)C4)C=CC=C(CCC(=O)O)C2)cc1. The quantitative estimate of drug-likeness (QED) is 0.443. The minimum atomic E-state index is -0.786. The number of nitrogens with zero attached hydrogens (tertiary/aromatic N) is 1. The molecule has 1 aliphatic carbocycles. The number of hydrogen-bond donors (Lipinski definition) is 1. The third-order valence-corrected chi connectivity index (χ3v) is 7.54. The number of hydrogen-bond acceptors (Lipinski definition) is 3. The molecule has 3 aromatic carbocycles. The highest BCUT2D eigenvalue weighted by atomic mass is 16.5. The number of rotatable bonds is 7. The molecule has 1 heterocycles. The van der Waals surface area contributed by atoms with Crippen LogP contribution in [0.3, 0.4) is 0 Å². The van der Waals surface area contributed by atoms with Gasteiger partial charge in [-0.25, -0.2) is 0 Å². The highest BCUT2D eigenvalue weighted by Gasteiger charge is 2.37. The third kappa shape index (κ3) is 4.94. The van der Waals surface area contributed by atoms with Crippen molar-refractivity contribution in [2.45, 2.75) is 37.6 Å². The first-order valence-corrected chi connectivity index (χ1v) is 12.7. The van der Waals surface area contributed by atoms with E-state index in [-0.39, 0.29) is 12.3 Å². The molecule has 5 heteroatoms. The summed E-state index contributed by atoms with van der Waals surface area (Å²) in [5, 5.41) is 9.28. The normalized spacial score (nSPS) is 18.6. The van der Waals surface area contributed by atoms with Crippen molar-refractivity contribution in [1.82, 2.24) is 4.90 Å². The molecule has 0 spiro atoms. The fraction of sp³-hybridized carbons (Fsp3) is 0.250. The monoisotopic (exact) mass is 493 g/mol. The predicted octanol–water partition coefficient (Wildman–Crippen LogP) is 5.93. The summed E-state index contributed by atoms with van der Waals surface area (Å²) < 4.78 is 5.41. The highest BCUT2D eigenvalue weighted by molar-refractivity contribution is 5.94. The van der Waals surface area contributed by atoms with Crippen molar-refractivity contribution in [1.29, 1.82) is 0 Å². The maximum atomic E-state index is 13.2. The molecule has 5 rings (SSSR count). The van der Waals surface area contributed by atoms with Crippen LogP contribution in [0.4, 0.5) is 0 Å². The number of benzene rings is 3. The lowest BCUT2D eigenvalue weighted by atomic mass is 9.65. The van der Waals surface area contributed by atoms with Gasteiger partial charge in [0.05, 0.1) is 7.11 Å². The van der Waals surface area contributed by atoms with Crippen molar-refractivity contribution in [3.8, 4) is 5.75 Å². The predicted molar refractivity (Wildman–Crippen MR) is 144 cm³/mol. The first-order valence-electron chi connectivity index (χ1n) is 12.7. The lowest BCUT2D eigenvalue weighted by Crippen LogP contribution is -2.38. The van der Waals surface area contributed by atoms with E-state index in [0.29, 0.717) is 31.5 Å². The summed E-state index contributed by atoms with van der Waals surface area (Å²) in [6.45, 7) is 1.23. The van der Waals surface area contributed by atoms with Crippen LogP contribution >= 0.6 is 0 Å². The minimum absolute atomic E-state index is 0.0537. The van der Waals surface area contributed by atoms with Crippen molar-refractivity contribution >= 4 is 11.9 Å². The van der Waals surface area contributed by atoms with Gasteiger partial charge in [0.2, 0.25) is 0 Å². The Morgan fingerprint density at radius 3 is 2.51 bits per heavy atom. The molecular formula is C32H31NO4. The number of carboxylic acid groups (broad SMARTS) is 1. The molecule has 1 aliphatic heterocycles. The van der Waals surface area contributed by atoms with E-state index in [1.165, 1.54) is 11.1 Å². The molecule has 2 aliphatic rings. The number of amides is 1. The molecule has 1 amide bonds. The molecule has 188 valence electrons. The summed E-state index contributed by atoms with van der Waals surface area (Å²) in [5.74, 6) is 0.0641. The van der Waals surface area contributed by atoms with E-state index in [2.05, 4.69) is 48.6 Å². The van der Waals surface area contributed by atoms with E-state index in [1.54, 1.807) is 7.11 Å². The number of carboxylic acids is 1.